The van der Waals surface area contributed by atoms with Crippen molar-refractivity contribution < 1.29 is 47.6 Å². The molecule has 94 heavy (non-hydrogen) atoms. The quantitative estimate of drug-likeness (QED) is 0.0317. The molecule has 0 aliphatic carbocycles. The third-order valence-electron chi connectivity index (χ3n) is 16.8. The molecule has 14 nitrogen and oxygen atoms in total. The fourth-order valence-electron chi connectivity index (χ4n) is 11.2. The van der Waals surface area contributed by atoms with Crippen molar-refractivity contribution in [3.8, 4) is 0 Å². The summed E-state index contributed by atoms with van der Waals surface area (Å²) in [5.74, 6) is 1.24. The number of amides is 4. The molecule has 0 aromatic heterocycles. The molecule has 8 unspecified atom stereocenters. The third-order valence-corrected chi connectivity index (χ3v) is 16.8. The van der Waals surface area contributed by atoms with Crippen molar-refractivity contribution in [3.05, 3.63) is 289 Å². The minimum absolute atomic E-state index is 0.0322. The van der Waals surface area contributed by atoms with Crippen LogP contribution in [0, 0.1) is 23.7 Å². The van der Waals surface area contributed by atoms with Crippen molar-refractivity contribution in [2.45, 2.75) is 91.5 Å². The van der Waals surface area contributed by atoms with Gasteiger partial charge in [0.2, 0.25) is 23.6 Å². The normalized spacial score (nSPS) is 20.6. The molecule has 6 aromatic rings. The second kappa shape index (κ2) is 41.2. The first-order valence-corrected chi connectivity index (χ1v) is 32.8. The lowest BCUT2D eigenvalue weighted by Crippen LogP contribution is -2.49. The van der Waals surface area contributed by atoms with E-state index in [0.29, 0.717) is 117 Å². The van der Waals surface area contributed by atoms with Crippen LogP contribution < -0.4 is 0 Å². The number of ether oxygens (including phenoxy) is 6. The van der Waals surface area contributed by atoms with Crippen LogP contribution in [0.25, 0.3) is 0 Å². The van der Waals surface area contributed by atoms with Crippen LogP contribution in [0.4, 0.5) is 0 Å². The van der Waals surface area contributed by atoms with Crippen LogP contribution in [-0.4, -0.2) is 133 Å². The van der Waals surface area contributed by atoms with Gasteiger partial charge in [0.25, 0.3) is 0 Å². The van der Waals surface area contributed by atoms with Crippen molar-refractivity contribution in [2.75, 3.05) is 65.8 Å². The van der Waals surface area contributed by atoms with E-state index in [4.69, 9.17) is 28.4 Å². The van der Waals surface area contributed by atoms with E-state index in [-0.39, 0.29) is 59.6 Å². The molecule has 4 heterocycles. The molecular formula is C80H96N4O10. The van der Waals surface area contributed by atoms with Gasteiger partial charge in [-0.1, -0.05) is 246 Å². The van der Waals surface area contributed by atoms with Gasteiger partial charge in [-0.05, 0) is 81.4 Å². The fraction of sp³-hybridized carbons (Fsp3) is 0.350. The minimum Gasteiger partial charge on any atom is -0.375 e. The minimum atomic E-state index is 0.0322. The topological polar surface area (TPSA) is 137 Å². The largest absolute Gasteiger partial charge is 0.375 e. The molecule has 0 bridgehead atoms. The highest BCUT2D eigenvalue weighted by atomic mass is 16.5. The molecule has 0 saturated heterocycles. The lowest BCUT2D eigenvalue weighted by molar-refractivity contribution is -0.133. The van der Waals surface area contributed by atoms with Gasteiger partial charge in [0.05, 0.1) is 103 Å². The molecule has 0 saturated carbocycles. The highest BCUT2D eigenvalue weighted by molar-refractivity contribution is 5.90. The van der Waals surface area contributed by atoms with E-state index in [0.717, 1.165) is 33.4 Å². The number of hydrogen-bond donors (Lipinski definition) is 0. The van der Waals surface area contributed by atoms with Crippen molar-refractivity contribution in [1.29, 1.82) is 0 Å². The summed E-state index contributed by atoms with van der Waals surface area (Å²) in [4.78, 5) is 56.0. The number of benzene rings is 6. The van der Waals surface area contributed by atoms with Crippen LogP contribution >= 0.6 is 0 Å². The SMILES string of the molecule is C=CCN1C(=O)C=CC(C)C1COCc1ccccc1.C=CCN1C(=O)C=CC(C)C1COCc1ccccc1.CC1C=CC(=O)N(CCOCc2ccccc2)C1COCc1ccccc1.CC1C=CC(=O)N(CCOCc2ccccc2)C1COCc1ccccc1. The standard InChI is InChI=1S/2C23H27NO3.2C17H21NO2/c2*1-19-12-13-23(25)24(14-15-26-16-20-8-4-2-5-9-20)22(19)18-27-17-21-10-6-3-7-11-21;2*1-3-11-18-16(14(2)9-10-17(18)19)13-20-12-15-7-5-4-6-8-15/h2*2-13,19,22H,14-18H2,1H3;2*3-10,14,16H,1,11-13H2,2H3. The van der Waals surface area contributed by atoms with Crippen LogP contribution in [0.5, 0.6) is 0 Å². The van der Waals surface area contributed by atoms with Gasteiger partial charge < -0.3 is 48.0 Å². The average molecular weight is 1270 g/mol. The summed E-state index contributed by atoms with van der Waals surface area (Å²) in [5.41, 5.74) is 6.85. The van der Waals surface area contributed by atoms with Gasteiger partial charge in [-0.15, -0.1) is 13.2 Å². The van der Waals surface area contributed by atoms with Crippen molar-refractivity contribution in [3.63, 3.8) is 0 Å². The van der Waals surface area contributed by atoms with Crippen LogP contribution in [0.15, 0.2) is 256 Å². The maximum absolute atomic E-state index is 12.4. The molecule has 6 aromatic carbocycles. The fourth-order valence-corrected chi connectivity index (χ4v) is 11.2. The van der Waals surface area contributed by atoms with Gasteiger partial charge in [-0.25, -0.2) is 0 Å². The van der Waals surface area contributed by atoms with Crippen LogP contribution in [-0.2, 0) is 87.2 Å². The molecule has 8 atom stereocenters. The number of carbonyl (C=O) groups is 4. The first-order valence-electron chi connectivity index (χ1n) is 32.8. The zero-order valence-corrected chi connectivity index (χ0v) is 55.3. The van der Waals surface area contributed by atoms with E-state index in [1.807, 2.05) is 226 Å². The van der Waals surface area contributed by atoms with Crippen molar-refractivity contribution in [2.24, 2.45) is 23.7 Å². The average Bonchev–Trinajstić information content (AvgIpc) is 0.955. The second-order valence-electron chi connectivity index (χ2n) is 23.8. The summed E-state index contributed by atoms with van der Waals surface area (Å²) in [7, 11) is 0. The Labute approximate surface area is 558 Å². The number of nitrogens with zero attached hydrogens (tertiary/aromatic N) is 4. The van der Waals surface area contributed by atoms with Gasteiger partial charge in [-0.2, -0.15) is 0 Å². The van der Waals surface area contributed by atoms with E-state index in [9.17, 15) is 19.2 Å². The number of hydrogen-bond acceptors (Lipinski definition) is 10. The molecule has 14 heteroatoms. The Bertz CT molecular complexity index is 3070. The molecule has 496 valence electrons. The highest BCUT2D eigenvalue weighted by Crippen LogP contribution is 2.24. The molecule has 4 aliphatic heterocycles. The summed E-state index contributed by atoms with van der Waals surface area (Å²) < 4.78 is 35.0. The first kappa shape index (κ1) is 72.8. The Morgan fingerprint density at radius 2 is 0.511 bits per heavy atom. The monoisotopic (exact) mass is 1270 g/mol. The van der Waals surface area contributed by atoms with Gasteiger partial charge in [0.15, 0.2) is 0 Å². The summed E-state index contributed by atoms with van der Waals surface area (Å²) >= 11 is 0. The van der Waals surface area contributed by atoms with Crippen molar-refractivity contribution >= 4 is 23.6 Å². The third kappa shape index (κ3) is 24.7. The smallest absolute Gasteiger partial charge is 0.246 e. The first-order chi connectivity index (χ1) is 45.9. The molecule has 10 rings (SSSR count). The summed E-state index contributed by atoms with van der Waals surface area (Å²) in [5, 5.41) is 0. The van der Waals surface area contributed by atoms with E-state index in [2.05, 4.69) is 40.9 Å². The molecule has 4 aliphatic rings. The van der Waals surface area contributed by atoms with E-state index in [1.54, 1.807) is 36.5 Å². The Kier molecular flexibility index (Phi) is 31.9. The van der Waals surface area contributed by atoms with Crippen LogP contribution in [0.1, 0.15) is 61.1 Å². The summed E-state index contributed by atoms with van der Waals surface area (Å²) in [6.07, 6.45) is 18.0. The lowest BCUT2D eigenvalue weighted by atomic mass is 9.96. The Morgan fingerprint density at radius 3 is 0.734 bits per heavy atom. The molecular weight excluding hydrogens is 1180 g/mol. The maximum atomic E-state index is 12.4. The van der Waals surface area contributed by atoms with Crippen LogP contribution in [0.3, 0.4) is 0 Å². The second-order valence-corrected chi connectivity index (χ2v) is 23.8. The van der Waals surface area contributed by atoms with Gasteiger partial charge in [0.1, 0.15) is 0 Å². The van der Waals surface area contributed by atoms with Gasteiger partial charge in [-0.3, -0.25) is 19.2 Å². The molecule has 0 fully saturated rings. The Hall–Kier alpha value is -8.60. The molecule has 0 radical (unpaired) electrons. The molecule has 0 N–H and O–H groups in total. The number of carbonyl (C=O) groups excluding carboxylic acids is 4. The van der Waals surface area contributed by atoms with E-state index < -0.39 is 0 Å². The zero-order chi connectivity index (χ0) is 66.5. The number of rotatable bonds is 30. The summed E-state index contributed by atoms with van der Waals surface area (Å²) in [6, 6.07) is 60.7. The maximum Gasteiger partial charge on any atom is 0.246 e. The Morgan fingerprint density at radius 1 is 0.309 bits per heavy atom. The highest BCUT2D eigenvalue weighted by Gasteiger charge is 2.33. The summed E-state index contributed by atoms with van der Waals surface area (Å²) in [6.45, 7) is 24.7. The molecule has 0 spiro atoms. The molecule has 4 amide bonds. The van der Waals surface area contributed by atoms with Gasteiger partial charge in [0, 0.05) is 26.2 Å². The van der Waals surface area contributed by atoms with Crippen molar-refractivity contribution in [1.82, 2.24) is 19.6 Å². The predicted octanol–water partition coefficient (Wildman–Crippen LogP) is 13.2. The van der Waals surface area contributed by atoms with E-state index in [1.165, 1.54) is 0 Å². The zero-order valence-electron chi connectivity index (χ0n) is 55.3. The van der Waals surface area contributed by atoms with Crippen LogP contribution in [0.2, 0.25) is 0 Å². The van der Waals surface area contributed by atoms with E-state index >= 15 is 0 Å². The Balaban J connectivity index is 0.000000179. The lowest BCUT2D eigenvalue weighted by Gasteiger charge is -2.36. The van der Waals surface area contributed by atoms with Gasteiger partial charge >= 0.3 is 0 Å². The predicted molar refractivity (Wildman–Crippen MR) is 372 cm³/mol.